The number of nitrogens with zero attached hydrogens (tertiary/aromatic N) is 3. The van der Waals surface area contributed by atoms with Crippen LogP contribution < -0.4 is 11.5 Å². The topological polar surface area (TPSA) is 124 Å². The van der Waals surface area contributed by atoms with Gasteiger partial charge in [-0.25, -0.2) is 15.0 Å². The van der Waals surface area contributed by atoms with Crippen molar-refractivity contribution in [1.29, 1.82) is 0 Å². The van der Waals surface area contributed by atoms with Crippen LogP contribution in [0.25, 0.3) is 11.2 Å². The van der Waals surface area contributed by atoms with Crippen LogP contribution in [0.4, 0.5) is 5.82 Å². The smallest absolute Gasteiger partial charge is 0.284 e. The van der Waals surface area contributed by atoms with Gasteiger partial charge in [-0.15, -0.1) is 0 Å². The van der Waals surface area contributed by atoms with Crippen LogP contribution in [0.15, 0.2) is 6.33 Å². The number of fused-ring (bicyclic) bond motifs is 1. The van der Waals surface area contributed by atoms with Crippen molar-refractivity contribution in [3.8, 4) is 0 Å². The molecule has 0 fully saturated rings. The molecular weight excluding hydrogens is 172 g/mol. The van der Waals surface area contributed by atoms with Gasteiger partial charge in [0.25, 0.3) is 5.91 Å². The second-order valence-electron chi connectivity index (χ2n) is 2.41. The first-order valence-corrected chi connectivity index (χ1v) is 3.44. The van der Waals surface area contributed by atoms with E-state index in [0.29, 0.717) is 11.2 Å². The van der Waals surface area contributed by atoms with Crippen LogP contribution >= 0.6 is 0 Å². The molecular formula is C6H6N6O. The number of aromatic nitrogens is 4. The second kappa shape index (κ2) is 2.41. The van der Waals surface area contributed by atoms with E-state index in [1.54, 1.807) is 0 Å². The van der Waals surface area contributed by atoms with Gasteiger partial charge in [0.05, 0.1) is 0 Å². The van der Waals surface area contributed by atoms with Crippen LogP contribution in [0.5, 0.6) is 0 Å². The zero-order chi connectivity index (χ0) is 9.42. The molecule has 7 nitrogen and oxygen atoms in total. The number of H-pyrrole nitrogens is 1. The highest BCUT2D eigenvalue weighted by molar-refractivity contribution is 5.93. The highest BCUT2D eigenvalue weighted by Gasteiger charge is 2.10. The fourth-order valence-corrected chi connectivity index (χ4v) is 0.963. The largest absolute Gasteiger partial charge is 0.382 e. The first-order valence-electron chi connectivity index (χ1n) is 3.44. The number of rotatable bonds is 1. The number of nitrogens with one attached hydrogen (secondary N) is 1. The standard InChI is InChI=1S/C6H6N6O/c7-3-2-5(10-1-9-3)12-6(11-2)4(8)13/h1H,(H2,8,13)(H3,7,9,10,11,12). The van der Waals surface area contributed by atoms with Gasteiger partial charge >= 0.3 is 0 Å². The van der Waals surface area contributed by atoms with Crippen LogP contribution in [0.1, 0.15) is 10.6 Å². The molecule has 0 aliphatic rings. The number of hydrogen-bond donors (Lipinski definition) is 3. The Bertz CT molecular complexity index is 475. The van der Waals surface area contributed by atoms with E-state index in [2.05, 4.69) is 19.9 Å². The molecule has 0 atom stereocenters. The van der Waals surface area contributed by atoms with E-state index in [1.807, 2.05) is 0 Å². The average molecular weight is 178 g/mol. The summed E-state index contributed by atoms with van der Waals surface area (Å²) in [6.07, 6.45) is 1.27. The fraction of sp³-hybridized carbons (Fsp3) is 0. The normalized spacial score (nSPS) is 10.5. The maximum atomic E-state index is 10.7. The van der Waals surface area contributed by atoms with Crippen molar-refractivity contribution in [2.24, 2.45) is 5.73 Å². The molecule has 0 saturated carbocycles. The van der Waals surface area contributed by atoms with Gasteiger partial charge in [-0.1, -0.05) is 0 Å². The second-order valence-corrected chi connectivity index (χ2v) is 2.41. The van der Waals surface area contributed by atoms with Crippen molar-refractivity contribution in [3.05, 3.63) is 12.2 Å². The van der Waals surface area contributed by atoms with Gasteiger partial charge < -0.3 is 16.5 Å². The Morgan fingerprint density at radius 1 is 1.46 bits per heavy atom. The third-order valence-electron chi connectivity index (χ3n) is 1.55. The zero-order valence-electron chi connectivity index (χ0n) is 6.48. The molecule has 2 heterocycles. The first kappa shape index (κ1) is 7.47. The van der Waals surface area contributed by atoms with E-state index in [0.717, 1.165) is 0 Å². The van der Waals surface area contributed by atoms with E-state index in [4.69, 9.17) is 11.5 Å². The molecule has 0 aromatic carbocycles. The number of carbonyl (C=O) groups excluding carboxylic acids is 1. The lowest BCUT2D eigenvalue weighted by Gasteiger charge is -1.89. The number of imidazole rings is 1. The molecule has 2 aromatic heterocycles. The molecule has 2 rings (SSSR count). The van der Waals surface area contributed by atoms with E-state index in [-0.39, 0.29) is 11.6 Å². The van der Waals surface area contributed by atoms with Gasteiger partial charge in [0.15, 0.2) is 17.3 Å². The first-order chi connectivity index (χ1) is 6.18. The molecule has 0 bridgehead atoms. The van der Waals surface area contributed by atoms with Gasteiger partial charge in [0, 0.05) is 0 Å². The van der Waals surface area contributed by atoms with Crippen molar-refractivity contribution in [3.63, 3.8) is 0 Å². The summed E-state index contributed by atoms with van der Waals surface area (Å²) >= 11 is 0. The van der Waals surface area contributed by atoms with Crippen molar-refractivity contribution in [2.45, 2.75) is 0 Å². The third-order valence-corrected chi connectivity index (χ3v) is 1.55. The summed E-state index contributed by atoms with van der Waals surface area (Å²) in [7, 11) is 0. The molecule has 13 heavy (non-hydrogen) atoms. The lowest BCUT2D eigenvalue weighted by molar-refractivity contribution is 0.0991. The summed E-state index contributed by atoms with van der Waals surface area (Å²) in [4.78, 5) is 24.7. The van der Waals surface area contributed by atoms with Crippen LogP contribution in [0, 0.1) is 0 Å². The van der Waals surface area contributed by atoms with Crippen molar-refractivity contribution < 1.29 is 4.79 Å². The summed E-state index contributed by atoms with van der Waals surface area (Å²) in [5.41, 5.74) is 11.3. The third kappa shape index (κ3) is 1.06. The molecule has 66 valence electrons. The van der Waals surface area contributed by atoms with Gasteiger partial charge in [-0.2, -0.15) is 0 Å². The minimum Gasteiger partial charge on any atom is -0.382 e. The van der Waals surface area contributed by atoms with E-state index < -0.39 is 5.91 Å². The Kier molecular flexibility index (Phi) is 1.38. The van der Waals surface area contributed by atoms with E-state index in [1.165, 1.54) is 6.33 Å². The summed E-state index contributed by atoms with van der Waals surface area (Å²) in [6, 6.07) is 0. The molecule has 1 amide bonds. The molecule has 0 spiro atoms. The summed E-state index contributed by atoms with van der Waals surface area (Å²) in [5.74, 6) is -0.385. The number of anilines is 1. The van der Waals surface area contributed by atoms with Crippen LogP contribution in [-0.2, 0) is 0 Å². The number of nitrogen functional groups attached to an aromatic ring is 1. The molecule has 0 aliphatic heterocycles. The lowest BCUT2D eigenvalue weighted by atomic mass is 10.5. The predicted octanol–water partition coefficient (Wildman–Crippen LogP) is -0.966. The Morgan fingerprint density at radius 3 is 2.85 bits per heavy atom. The van der Waals surface area contributed by atoms with Gasteiger partial charge in [0.1, 0.15) is 11.8 Å². The van der Waals surface area contributed by atoms with Crippen molar-refractivity contribution >= 4 is 22.9 Å². The van der Waals surface area contributed by atoms with Crippen molar-refractivity contribution in [1.82, 2.24) is 19.9 Å². The zero-order valence-corrected chi connectivity index (χ0v) is 6.48. The highest BCUT2D eigenvalue weighted by Crippen LogP contribution is 2.12. The van der Waals surface area contributed by atoms with Crippen molar-refractivity contribution in [2.75, 3.05) is 5.73 Å². The Morgan fingerprint density at radius 2 is 2.23 bits per heavy atom. The number of aromatic amines is 1. The van der Waals surface area contributed by atoms with Gasteiger partial charge in [0.2, 0.25) is 0 Å². The number of nitrogens with two attached hydrogens (primary N) is 2. The predicted molar refractivity (Wildman–Crippen MR) is 44.6 cm³/mol. The molecule has 2 aromatic rings. The number of primary amides is 1. The quantitative estimate of drug-likeness (QED) is 0.518. The van der Waals surface area contributed by atoms with Gasteiger partial charge in [-0.3, -0.25) is 4.79 Å². The maximum absolute atomic E-state index is 10.7. The average Bonchev–Trinajstić information content (AvgIpc) is 2.49. The Hall–Kier alpha value is -2.18. The molecule has 0 unspecified atom stereocenters. The van der Waals surface area contributed by atoms with Crippen LogP contribution in [0.3, 0.4) is 0 Å². The van der Waals surface area contributed by atoms with E-state index in [9.17, 15) is 4.79 Å². The summed E-state index contributed by atoms with van der Waals surface area (Å²) < 4.78 is 0. The molecule has 0 aliphatic carbocycles. The molecule has 0 saturated heterocycles. The number of hydrogen-bond acceptors (Lipinski definition) is 5. The maximum Gasteiger partial charge on any atom is 0.284 e. The monoisotopic (exact) mass is 178 g/mol. The molecule has 5 N–H and O–H groups in total. The van der Waals surface area contributed by atoms with Crippen LogP contribution in [0.2, 0.25) is 0 Å². The number of amides is 1. The minimum absolute atomic E-state index is 0.0298. The summed E-state index contributed by atoms with van der Waals surface area (Å²) in [6.45, 7) is 0. The Labute approximate surface area is 72.2 Å². The number of carbonyl (C=O) groups is 1. The minimum atomic E-state index is -0.655. The van der Waals surface area contributed by atoms with Gasteiger partial charge in [-0.05, 0) is 0 Å². The highest BCUT2D eigenvalue weighted by atomic mass is 16.1. The molecule has 0 radical (unpaired) electrons. The van der Waals surface area contributed by atoms with E-state index >= 15 is 0 Å². The summed E-state index contributed by atoms with van der Waals surface area (Å²) in [5, 5.41) is 0. The SMILES string of the molecule is NC(=O)c1nc2ncnc(N)c2[nH]1. The fourth-order valence-electron chi connectivity index (χ4n) is 0.963. The lowest BCUT2D eigenvalue weighted by Crippen LogP contribution is -2.12. The Balaban J connectivity index is 2.75. The molecule has 7 heteroatoms. The van der Waals surface area contributed by atoms with Crippen LogP contribution in [-0.4, -0.2) is 25.8 Å².